The van der Waals surface area contributed by atoms with Crippen LogP contribution in [0.15, 0.2) is 0 Å². The van der Waals surface area contributed by atoms with E-state index in [1.165, 1.54) is 83.5 Å². The Kier molecular flexibility index (Phi) is 50.6. The van der Waals surface area contributed by atoms with Gasteiger partial charge < -0.3 is 33.8 Å². The van der Waals surface area contributed by atoms with Crippen LogP contribution in [0.4, 0.5) is 0 Å². The van der Waals surface area contributed by atoms with Gasteiger partial charge in [0.1, 0.15) is 19.3 Å². The summed E-state index contributed by atoms with van der Waals surface area (Å²) in [6, 6.07) is 0. The van der Waals surface area contributed by atoms with E-state index in [2.05, 4.69) is 41.5 Å². The Morgan fingerprint density at radius 2 is 0.590 bits per heavy atom. The van der Waals surface area contributed by atoms with Crippen LogP contribution in [-0.4, -0.2) is 96.7 Å². The fourth-order valence-electron chi connectivity index (χ4n) is 8.65. The van der Waals surface area contributed by atoms with Gasteiger partial charge in [-0.1, -0.05) is 234 Å². The zero-order chi connectivity index (χ0) is 58.0. The van der Waals surface area contributed by atoms with E-state index in [1.54, 1.807) is 0 Å². The molecule has 0 aromatic heterocycles. The van der Waals surface area contributed by atoms with Crippen LogP contribution in [-0.2, 0) is 65.4 Å². The highest BCUT2D eigenvalue weighted by atomic mass is 31.2. The lowest BCUT2D eigenvalue weighted by Crippen LogP contribution is -2.30. The van der Waals surface area contributed by atoms with Crippen molar-refractivity contribution in [3.8, 4) is 0 Å². The van der Waals surface area contributed by atoms with Gasteiger partial charge in [0, 0.05) is 25.7 Å². The van der Waals surface area contributed by atoms with Gasteiger partial charge in [-0.15, -0.1) is 0 Å². The molecule has 0 aromatic rings. The molecule has 0 aliphatic rings. The summed E-state index contributed by atoms with van der Waals surface area (Å²) in [7, 11) is -9.86. The van der Waals surface area contributed by atoms with Crippen molar-refractivity contribution in [1.82, 2.24) is 0 Å². The molecule has 0 aliphatic heterocycles. The molecule has 0 rings (SSSR count). The van der Waals surface area contributed by atoms with Gasteiger partial charge in [0.15, 0.2) is 12.2 Å². The number of aliphatic hydroxyl groups is 1. The number of ether oxygens (including phenoxy) is 4. The van der Waals surface area contributed by atoms with Crippen LogP contribution < -0.4 is 0 Å². The van der Waals surface area contributed by atoms with Crippen LogP contribution in [0.1, 0.15) is 286 Å². The largest absolute Gasteiger partial charge is 0.472 e. The van der Waals surface area contributed by atoms with E-state index in [0.717, 1.165) is 121 Å². The maximum absolute atomic E-state index is 12.9. The van der Waals surface area contributed by atoms with Crippen LogP contribution >= 0.6 is 15.6 Å². The number of rotatable bonds is 58. The summed E-state index contributed by atoms with van der Waals surface area (Å²) in [5, 5.41) is 10.5. The van der Waals surface area contributed by atoms with Crippen LogP contribution in [0.3, 0.4) is 0 Å². The molecule has 0 aliphatic carbocycles. The van der Waals surface area contributed by atoms with E-state index in [4.69, 9.17) is 37.0 Å². The summed E-state index contributed by atoms with van der Waals surface area (Å²) in [6.07, 6.45) is 32.6. The van der Waals surface area contributed by atoms with E-state index in [9.17, 15) is 43.2 Å². The van der Waals surface area contributed by atoms with E-state index < -0.39 is 97.5 Å². The van der Waals surface area contributed by atoms with E-state index in [-0.39, 0.29) is 25.7 Å². The van der Waals surface area contributed by atoms with Crippen LogP contribution in [0.25, 0.3) is 0 Å². The molecule has 19 heteroatoms. The van der Waals surface area contributed by atoms with Crippen molar-refractivity contribution in [1.29, 1.82) is 0 Å². The average molecular weight is 1160 g/mol. The average Bonchev–Trinajstić information content (AvgIpc) is 3.39. The normalized spacial score (nSPS) is 14.4. The number of carbonyl (C=O) groups excluding carboxylic acids is 4. The molecule has 0 fully saturated rings. The van der Waals surface area contributed by atoms with Crippen LogP contribution in [0.2, 0.25) is 0 Å². The van der Waals surface area contributed by atoms with Crippen molar-refractivity contribution < 1.29 is 80.2 Å². The standard InChI is InChI=1S/C59H114O17P2/c1-7-9-11-13-22-31-37-43-58(63)75-54(47-69-56(61)41-35-27-12-10-8-2)49-73-77(65,66)71-45-53(60)46-72-78(67,68)74-50-55(48-70-57(62)42-36-30-25-21-17-19-24-29-34-40-52(5)6)76-59(64)44-38-32-26-20-16-14-15-18-23-28-33-39-51(3)4/h51-55,60H,7-50H2,1-6H3,(H,65,66)(H,67,68)/t53-,54+,55+/m0/s1. The molecule has 0 aromatic carbocycles. The minimum Gasteiger partial charge on any atom is -0.462 e. The first-order valence-corrected chi connectivity index (χ1v) is 34.0. The number of phosphoric acid groups is 2. The molecular formula is C59H114O17P2. The lowest BCUT2D eigenvalue weighted by molar-refractivity contribution is -0.161. The summed E-state index contributed by atoms with van der Waals surface area (Å²) in [5.74, 6) is -0.647. The van der Waals surface area contributed by atoms with Gasteiger partial charge in [-0.3, -0.25) is 37.3 Å². The lowest BCUT2D eigenvalue weighted by atomic mass is 10.0. The van der Waals surface area contributed by atoms with Crippen molar-refractivity contribution in [2.75, 3.05) is 39.6 Å². The molecule has 0 amide bonds. The molecule has 0 spiro atoms. The molecule has 17 nitrogen and oxygen atoms in total. The molecule has 462 valence electrons. The van der Waals surface area contributed by atoms with E-state index in [0.29, 0.717) is 25.7 Å². The number of hydrogen-bond acceptors (Lipinski definition) is 15. The summed E-state index contributed by atoms with van der Waals surface area (Å²) < 4.78 is 67.5. The number of unbranched alkanes of at least 4 members (excludes halogenated alkanes) is 28. The van der Waals surface area contributed by atoms with Gasteiger partial charge in [0.2, 0.25) is 0 Å². The fraction of sp³-hybridized carbons (Fsp3) is 0.932. The van der Waals surface area contributed by atoms with Gasteiger partial charge in [-0.05, 0) is 37.5 Å². The van der Waals surface area contributed by atoms with Crippen molar-refractivity contribution in [2.45, 2.75) is 304 Å². The smallest absolute Gasteiger partial charge is 0.462 e. The highest BCUT2D eigenvalue weighted by molar-refractivity contribution is 7.47. The molecule has 0 bridgehead atoms. The zero-order valence-corrected chi connectivity index (χ0v) is 51.7. The molecule has 0 heterocycles. The Morgan fingerprint density at radius 1 is 0.346 bits per heavy atom. The second-order valence-corrected chi connectivity index (χ2v) is 25.2. The van der Waals surface area contributed by atoms with Crippen molar-refractivity contribution in [3.63, 3.8) is 0 Å². The quantitative estimate of drug-likeness (QED) is 0.0222. The number of aliphatic hydroxyl groups excluding tert-OH is 1. The second kappa shape index (κ2) is 51.9. The van der Waals surface area contributed by atoms with Gasteiger partial charge in [-0.2, -0.15) is 0 Å². The summed E-state index contributed by atoms with van der Waals surface area (Å²) in [4.78, 5) is 71.6. The third-order valence-corrected chi connectivity index (χ3v) is 15.4. The van der Waals surface area contributed by atoms with Crippen molar-refractivity contribution in [3.05, 3.63) is 0 Å². The topological polar surface area (TPSA) is 237 Å². The Labute approximate surface area is 473 Å². The zero-order valence-electron chi connectivity index (χ0n) is 50.0. The fourth-order valence-corrected chi connectivity index (χ4v) is 10.2. The van der Waals surface area contributed by atoms with Crippen molar-refractivity contribution >= 4 is 39.5 Å². The second-order valence-electron chi connectivity index (χ2n) is 22.3. The third kappa shape index (κ3) is 53.4. The Hall–Kier alpha value is -1.94. The molecule has 2 unspecified atom stereocenters. The maximum Gasteiger partial charge on any atom is 0.472 e. The van der Waals surface area contributed by atoms with Crippen molar-refractivity contribution in [2.24, 2.45) is 11.8 Å². The van der Waals surface area contributed by atoms with Crippen LogP contribution in [0, 0.1) is 11.8 Å². The van der Waals surface area contributed by atoms with Gasteiger partial charge in [0.25, 0.3) is 0 Å². The minimum absolute atomic E-state index is 0.102. The Morgan fingerprint density at radius 3 is 0.872 bits per heavy atom. The third-order valence-electron chi connectivity index (χ3n) is 13.5. The molecule has 78 heavy (non-hydrogen) atoms. The first-order chi connectivity index (χ1) is 37.4. The molecular weight excluding hydrogens is 1040 g/mol. The number of hydrogen-bond donors (Lipinski definition) is 3. The van der Waals surface area contributed by atoms with E-state index in [1.807, 2.05) is 0 Å². The first-order valence-electron chi connectivity index (χ1n) is 31.0. The SMILES string of the molecule is CCCCCCCCCC(=O)O[C@H](COC(=O)CCCCCCC)COP(=O)(O)OC[C@H](O)COP(=O)(O)OC[C@@H](COC(=O)CCCCCCCCCCCC(C)C)OC(=O)CCCCCCCCCCCCCC(C)C. The maximum atomic E-state index is 12.9. The molecule has 0 saturated heterocycles. The van der Waals surface area contributed by atoms with Gasteiger partial charge >= 0.3 is 39.5 Å². The number of esters is 4. The summed E-state index contributed by atoms with van der Waals surface area (Å²) >= 11 is 0. The number of phosphoric ester groups is 2. The Bertz CT molecular complexity index is 1550. The van der Waals surface area contributed by atoms with Gasteiger partial charge in [0.05, 0.1) is 26.4 Å². The summed E-state index contributed by atoms with van der Waals surface area (Å²) in [6.45, 7) is 9.30. The van der Waals surface area contributed by atoms with Gasteiger partial charge in [-0.25, -0.2) is 9.13 Å². The summed E-state index contributed by atoms with van der Waals surface area (Å²) in [5.41, 5.74) is 0. The van der Waals surface area contributed by atoms with E-state index >= 15 is 0 Å². The molecule has 0 radical (unpaired) electrons. The lowest BCUT2D eigenvalue weighted by Gasteiger charge is -2.21. The molecule has 3 N–H and O–H groups in total. The predicted octanol–water partition coefficient (Wildman–Crippen LogP) is 15.7. The highest BCUT2D eigenvalue weighted by Gasteiger charge is 2.30. The van der Waals surface area contributed by atoms with Crippen LogP contribution in [0.5, 0.6) is 0 Å². The molecule has 5 atom stereocenters. The highest BCUT2D eigenvalue weighted by Crippen LogP contribution is 2.45. The first kappa shape index (κ1) is 76.1. The Balaban J connectivity index is 5.17. The minimum atomic E-state index is -4.94. The molecule has 0 saturated carbocycles. The monoisotopic (exact) mass is 1160 g/mol. The number of carbonyl (C=O) groups is 4. The predicted molar refractivity (Wildman–Crippen MR) is 308 cm³/mol.